The first-order chi connectivity index (χ1) is 15.1. The number of nitrogens with zero attached hydrogens (tertiary/aromatic N) is 4. The molecule has 174 valence electrons. The van der Waals surface area contributed by atoms with Gasteiger partial charge in [0, 0.05) is 12.6 Å². The van der Waals surface area contributed by atoms with E-state index in [4.69, 9.17) is 22.3 Å². The molecule has 8 nitrogen and oxygen atoms in total. The highest BCUT2D eigenvalue weighted by Gasteiger charge is 2.29. The van der Waals surface area contributed by atoms with Crippen molar-refractivity contribution >= 4 is 29.1 Å². The summed E-state index contributed by atoms with van der Waals surface area (Å²) >= 11 is 6.06. The van der Waals surface area contributed by atoms with Crippen LogP contribution in [0.15, 0.2) is 18.2 Å². The van der Waals surface area contributed by atoms with E-state index in [0.29, 0.717) is 29.0 Å². The molecule has 0 bridgehead atoms. The summed E-state index contributed by atoms with van der Waals surface area (Å²) in [5.74, 6) is 1.73. The first-order valence-electron chi connectivity index (χ1n) is 11.1. The average Bonchev–Trinajstić information content (AvgIpc) is 3.17. The number of nitrogens with two attached hydrogens (primary N) is 1. The Labute approximate surface area is 194 Å². The molecule has 9 heteroatoms. The molecule has 0 radical (unpaired) electrons. The molecule has 0 fully saturated rings. The van der Waals surface area contributed by atoms with Crippen LogP contribution in [0.25, 0.3) is 11.4 Å². The highest BCUT2D eigenvalue weighted by molar-refractivity contribution is 6.33. The fourth-order valence-electron chi connectivity index (χ4n) is 3.63. The van der Waals surface area contributed by atoms with E-state index in [1.807, 2.05) is 12.1 Å². The number of benzene rings is 1. The molecule has 2 heterocycles. The van der Waals surface area contributed by atoms with Crippen LogP contribution in [0.3, 0.4) is 0 Å². The Morgan fingerprint density at radius 2 is 1.84 bits per heavy atom. The zero-order valence-electron chi connectivity index (χ0n) is 19.6. The molecule has 5 N–H and O–H groups in total. The normalized spacial score (nSPS) is 12.8. The monoisotopic (exact) mass is 459 g/mol. The van der Waals surface area contributed by atoms with Gasteiger partial charge in [-0.3, -0.25) is 0 Å². The summed E-state index contributed by atoms with van der Waals surface area (Å²) in [5, 5.41) is 26.3. The molecule has 0 saturated carbocycles. The van der Waals surface area contributed by atoms with Crippen molar-refractivity contribution in [2.45, 2.75) is 66.1 Å². The second kappa shape index (κ2) is 9.92. The molecule has 3 rings (SSSR count). The predicted molar refractivity (Wildman–Crippen MR) is 131 cm³/mol. The van der Waals surface area contributed by atoms with Gasteiger partial charge in [-0.15, -0.1) is 5.10 Å². The van der Waals surface area contributed by atoms with Crippen LogP contribution in [0.4, 0.5) is 17.5 Å². The van der Waals surface area contributed by atoms with Gasteiger partial charge < -0.3 is 26.0 Å². The highest BCUT2D eigenvalue weighted by atomic mass is 35.5. The van der Waals surface area contributed by atoms with E-state index in [0.717, 1.165) is 22.6 Å². The minimum absolute atomic E-state index is 0.0108. The summed E-state index contributed by atoms with van der Waals surface area (Å²) in [6.07, 6.45) is 0. The van der Waals surface area contributed by atoms with E-state index in [2.05, 4.69) is 66.9 Å². The molecular formula is C23H34ClN7O. The number of aliphatic hydroxyl groups is 1. The Balaban J connectivity index is 2.09. The molecule has 2 aliphatic rings. The molecule has 1 atom stereocenters. The summed E-state index contributed by atoms with van der Waals surface area (Å²) in [7, 11) is 0. The molecule has 1 aromatic rings. The Kier molecular flexibility index (Phi) is 7.46. The van der Waals surface area contributed by atoms with Gasteiger partial charge in [0.25, 0.3) is 0 Å². The summed E-state index contributed by atoms with van der Waals surface area (Å²) in [4.78, 5) is 4.89. The maximum atomic E-state index is 9.91. The maximum absolute atomic E-state index is 9.91. The lowest BCUT2D eigenvalue weighted by Crippen LogP contribution is -2.32. The van der Waals surface area contributed by atoms with Crippen molar-refractivity contribution in [3.05, 3.63) is 34.5 Å². The van der Waals surface area contributed by atoms with E-state index in [9.17, 15) is 5.11 Å². The van der Waals surface area contributed by atoms with Crippen LogP contribution in [0.1, 0.15) is 64.8 Å². The van der Waals surface area contributed by atoms with Crippen molar-refractivity contribution < 1.29 is 5.11 Å². The van der Waals surface area contributed by atoms with Crippen LogP contribution >= 0.6 is 11.6 Å². The average molecular weight is 460 g/mol. The largest absolute Gasteiger partial charge is 0.398 e. The van der Waals surface area contributed by atoms with Crippen molar-refractivity contribution in [3.8, 4) is 11.4 Å². The molecule has 1 aromatic carbocycles. The van der Waals surface area contributed by atoms with Crippen molar-refractivity contribution in [1.82, 2.24) is 19.7 Å². The van der Waals surface area contributed by atoms with Crippen molar-refractivity contribution in [2.24, 2.45) is 5.92 Å². The maximum Gasteiger partial charge on any atom is 0.205 e. The predicted octanol–water partition coefficient (Wildman–Crippen LogP) is 4.76. The van der Waals surface area contributed by atoms with Crippen LogP contribution in [0.2, 0.25) is 5.02 Å². The van der Waals surface area contributed by atoms with E-state index >= 15 is 0 Å². The van der Waals surface area contributed by atoms with Gasteiger partial charge in [0.15, 0.2) is 11.5 Å². The van der Waals surface area contributed by atoms with Gasteiger partial charge in [-0.2, -0.15) is 10.1 Å². The van der Waals surface area contributed by atoms with Crippen LogP contribution in [-0.2, 0) is 6.54 Å². The number of fused-ring (bicyclic) bond motifs is 1. The van der Waals surface area contributed by atoms with Gasteiger partial charge in [0.2, 0.25) is 5.95 Å². The summed E-state index contributed by atoms with van der Waals surface area (Å²) in [6, 6.07) is 5.55. The Morgan fingerprint density at radius 1 is 1.12 bits per heavy atom. The standard InChI is InChI=1S/C23H34ClN7O/c1-12(2)18(11-32)27-23-28-22(26-10-15-7-8-16(24)17(25)9-15)20-21(31(23)14(5)6)19(13(3)4)29-30-20/h7-9,12-14,18,26,32H,10-11,25H2,1-6H3,(H,27,28). The van der Waals surface area contributed by atoms with E-state index < -0.39 is 0 Å². The first kappa shape index (κ1) is 24.1. The Morgan fingerprint density at radius 3 is 2.41 bits per heavy atom. The fraction of sp³-hybridized carbons (Fsp3) is 0.522. The first-order valence-corrected chi connectivity index (χ1v) is 11.4. The van der Waals surface area contributed by atoms with Crippen molar-refractivity contribution in [1.29, 1.82) is 0 Å². The van der Waals surface area contributed by atoms with Crippen molar-refractivity contribution in [2.75, 3.05) is 23.0 Å². The van der Waals surface area contributed by atoms with Gasteiger partial charge >= 0.3 is 0 Å². The van der Waals surface area contributed by atoms with Crippen LogP contribution in [0, 0.1) is 5.92 Å². The van der Waals surface area contributed by atoms with Crippen LogP contribution < -0.4 is 16.4 Å². The third-order valence-electron chi connectivity index (χ3n) is 5.54. The Bertz CT molecular complexity index is 1030. The highest BCUT2D eigenvalue weighted by Crippen LogP contribution is 2.38. The van der Waals surface area contributed by atoms with Gasteiger partial charge in [0.05, 0.1) is 34.7 Å². The third-order valence-corrected chi connectivity index (χ3v) is 5.88. The molecule has 1 unspecified atom stereocenters. The van der Waals surface area contributed by atoms with Gasteiger partial charge in [0.1, 0.15) is 0 Å². The van der Waals surface area contributed by atoms with E-state index in [-0.39, 0.29) is 30.5 Å². The van der Waals surface area contributed by atoms with Gasteiger partial charge in [-0.1, -0.05) is 45.4 Å². The quantitative estimate of drug-likeness (QED) is 0.341. The van der Waals surface area contributed by atoms with Crippen LogP contribution in [0.5, 0.6) is 0 Å². The van der Waals surface area contributed by atoms with Gasteiger partial charge in [-0.25, -0.2) is 0 Å². The Hall–Kier alpha value is -2.58. The number of anilines is 3. The molecule has 0 saturated heterocycles. The molecule has 32 heavy (non-hydrogen) atoms. The number of aromatic nitrogens is 4. The summed E-state index contributed by atoms with van der Waals surface area (Å²) < 4.78 is 2.13. The number of rotatable bonds is 9. The van der Waals surface area contributed by atoms with Gasteiger partial charge in [-0.05, 0) is 43.4 Å². The zero-order valence-corrected chi connectivity index (χ0v) is 20.4. The smallest absolute Gasteiger partial charge is 0.205 e. The molecule has 0 aliphatic carbocycles. The minimum atomic E-state index is -0.132. The van der Waals surface area contributed by atoms with Crippen molar-refractivity contribution in [3.63, 3.8) is 0 Å². The number of halogens is 1. The number of nitrogens with one attached hydrogen (secondary N) is 2. The van der Waals surface area contributed by atoms with Crippen LogP contribution in [-0.4, -0.2) is 37.5 Å². The lowest BCUT2D eigenvalue weighted by atomic mass is 10.0. The number of aliphatic hydroxyl groups excluding tert-OH is 1. The number of nitrogen functional groups attached to an aromatic ring is 1. The van der Waals surface area contributed by atoms with E-state index in [1.54, 1.807) is 6.07 Å². The molecular weight excluding hydrogens is 426 g/mol. The SMILES string of the molecule is CC(C)c1nnc2c(NCc3ccc(Cl)c(N)c3)nc(NC(CO)C(C)C)n(C(C)C)c1-2. The summed E-state index contributed by atoms with van der Waals surface area (Å²) in [6.45, 7) is 13.1. The minimum Gasteiger partial charge on any atom is -0.398 e. The molecule has 0 aromatic heterocycles. The lowest BCUT2D eigenvalue weighted by molar-refractivity contribution is 0.248. The van der Waals surface area contributed by atoms with E-state index in [1.165, 1.54) is 0 Å². The molecule has 0 spiro atoms. The summed E-state index contributed by atoms with van der Waals surface area (Å²) in [5.41, 5.74) is 10.1. The lowest BCUT2D eigenvalue weighted by Gasteiger charge is -2.28. The second-order valence-corrected chi connectivity index (χ2v) is 9.48. The topological polar surface area (TPSA) is 114 Å². The fourth-order valence-corrected chi connectivity index (χ4v) is 3.75. The second-order valence-electron chi connectivity index (χ2n) is 9.07. The third kappa shape index (κ3) is 4.91. The number of hydrogen-bond acceptors (Lipinski definition) is 7. The molecule has 2 aliphatic heterocycles. The zero-order chi connectivity index (χ0) is 23.6. The molecule has 0 amide bonds. The number of hydrogen-bond donors (Lipinski definition) is 4.